The van der Waals surface area contributed by atoms with Crippen molar-refractivity contribution < 1.29 is 9.53 Å². The minimum absolute atomic E-state index is 0.167. The monoisotopic (exact) mass is 366 g/mol. The van der Waals surface area contributed by atoms with Crippen LogP contribution in [-0.4, -0.2) is 11.4 Å². The van der Waals surface area contributed by atoms with E-state index in [4.69, 9.17) is 10.5 Å². The molecule has 1 atom stereocenters. The molecule has 0 radical (unpaired) electrons. The van der Waals surface area contributed by atoms with E-state index in [-0.39, 0.29) is 5.91 Å². The Kier molecular flexibility index (Phi) is 5.38. The molecule has 0 saturated heterocycles. The van der Waals surface area contributed by atoms with Crippen LogP contribution < -0.4 is 11.1 Å². The lowest BCUT2D eigenvalue weighted by Crippen LogP contribution is -2.44. The van der Waals surface area contributed by atoms with E-state index in [0.29, 0.717) is 29.2 Å². The van der Waals surface area contributed by atoms with Crippen molar-refractivity contribution in [3.63, 3.8) is 0 Å². The molecule has 0 fully saturated rings. The summed E-state index contributed by atoms with van der Waals surface area (Å²) < 4.78 is 5.82. The third-order valence-corrected chi connectivity index (χ3v) is 4.69. The zero-order chi connectivity index (χ0) is 18.6. The van der Waals surface area contributed by atoms with Crippen molar-refractivity contribution in [1.29, 1.82) is 0 Å². The van der Waals surface area contributed by atoms with Gasteiger partial charge in [0.05, 0.1) is 5.54 Å². The van der Waals surface area contributed by atoms with E-state index in [9.17, 15) is 4.79 Å². The molecular formula is C21H22N2O2S. The predicted octanol–water partition coefficient (Wildman–Crippen LogP) is 4.11. The Morgan fingerprint density at radius 2 is 2.04 bits per heavy atom. The number of ether oxygens (including phenoxy) is 1. The maximum Gasteiger partial charge on any atom is 0.252 e. The molecule has 0 aromatic heterocycles. The van der Waals surface area contributed by atoms with Crippen LogP contribution in [0.15, 0.2) is 77.4 Å². The molecule has 1 unspecified atom stereocenters. The normalized spacial score (nSPS) is 18.9. The largest absolute Gasteiger partial charge is 0.489 e. The van der Waals surface area contributed by atoms with Gasteiger partial charge in [0.1, 0.15) is 12.4 Å². The molecule has 1 aliphatic rings. The van der Waals surface area contributed by atoms with Gasteiger partial charge in [-0.15, -0.1) is 12.6 Å². The van der Waals surface area contributed by atoms with Crippen molar-refractivity contribution in [2.75, 3.05) is 5.73 Å². The van der Waals surface area contributed by atoms with Crippen molar-refractivity contribution in [2.45, 2.75) is 30.4 Å². The van der Waals surface area contributed by atoms with Gasteiger partial charge in [0, 0.05) is 16.1 Å². The van der Waals surface area contributed by atoms with Gasteiger partial charge in [0.2, 0.25) is 0 Å². The Bertz CT molecular complexity index is 862. The first-order valence-corrected chi connectivity index (χ1v) is 8.87. The second-order valence-corrected chi connectivity index (χ2v) is 7.05. The first kappa shape index (κ1) is 18.1. The molecule has 26 heavy (non-hydrogen) atoms. The van der Waals surface area contributed by atoms with Crippen molar-refractivity contribution in [1.82, 2.24) is 5.32 Å². The van der Waals surface area contributed by atoms with Crippen LogP contribution in [0.2, 0.25) is 0 Å². The van der Waals surface area contributed by atoms with Gasteiger partial charge in [0.25, 0.3) is 5.91 Å². The molecule has 3 N–H and O–H groups in total. The number of hydrogen-bond acceptors (Lipinski definition) is 4. The predicted molar refractivity (Wildman–Crippen MR) is 107 cm³/mol. The van der Waals surface area contributed by atoms with E-state index in [1.165, 1.54) is 0 Å². The third-order valence-electron chi connectivity index (χ3n) is 4.28. The second kappa shape index (κ2) is 7.70. The number of carbonyl (C=O) groups is 1. The summed E-state index contributed by atoms with van der Waals surface area (Å²) in [4.78, 5) is 13.2. The lowest BCUT2D eigenvalue weighted by molar-refractivity contribution is 0.0921. The molecule has 0 saturated carbocycles. The molecule has 2 aromatic carbocycles. The van der Waals surface area contributed by atoms with Crippen LogP contribution in [0, 0.1) is 0 Å². The fraction of sp³-hybridized carbons (Fsp3) is 0.190. The van der Waals surface area contributed by atoms with Gasteiger partial charge in [-0.25, -0.2) is 0 Å². The van der Waals surface area contributed by atoms with Crippen LogP contribution in [-0.2, 0) is 11.3 Å². The van der Waals surface area contributed by atoms with Crippen molar-refractivity contribution in [3.05, 3.63) is 83.6 Å². The maximum atomic E-state index is 12.5. The number of nitrogen functional groups attached to an aromatic ring is 1. The zero-order valence-corrected chi connectivity index (χ0v) is 15.5. The van der Waals surface area contributed by atoms with Gasteiger partial charge < -0.3 is 15.8 Å². The molecule has 0 bridgehead atoms. The molecule has 5 heteroatoms. The van der Waals surface area contributed by atoms with Gasteiger partial charge in [-0.2, -0.15) is 0 Å². The number of thiol groups is 1. The standard InChI is InChI=1S/C21H22N2O2S/c1-21(23-20(24)16-7-8-19(26)18(22)13-16)11-9-17(10-12-21)25-14-15-5-3-2-4-6-15/h2-11,13,26H,12,14,22H2,1H3,(H,23,24). The summed E-state index contributed by atoms with van der Waals surface area (Å²) >= 11 is 4.23. The summed E-state index contributed by atoms with van der Waals surface area (Å²) in [5.74, 6) is 0.642. The Labute approximate surface area is 159 Å². The number of anilines is 1. The molecule has 3 rings (SSSR count). The molecule has 0 spiro atoms. The molecule has 1 aliphatic carbocycles. The average Bonchev–Trinajstić information content (AvgIpc) is 2.64. The van der Waals surface area contributed by atoms with Gasteiger partial charge in [-0.3, -0.25) is 4.79 Å². The number of nitrogens with one attached hydrogen (secondary N) is 1. The van der Waals surface area contributed by atoms with E-state index in [0.717, 1.165) is 11.3 Å². The van der Waals surface area contributed by atoms with E-state index in [1.54, 1.807) is 18.2 Å². The summed E-state index contributed by atoms with van der Waals surface area (Å²) in [6, 6.07) is 15.1. The molecule has 2 aromatic rings. The van der Waals surface area contributed by atoms with Gasteiger partial charge >= 0.3 is 0 Å². The number of hydrogen-bond donors (Lipinski definition) is 3. The molecule has 0 aliphatic heterocycles. The Morgan fingerprint density at radius 1 is 1.27 bits per heavy atom. The van der Waals surface area contributed by atoms with Crippen LogP contribution in [0.3, 0.4) is 0 Å². The Morgan fingerprint density at radius 3 is 2.69 bits per heavy atom. The zero-order valence-electron chi connectivity index (χ0n) is 14.6. The Balaban J connectivity index is 1.58. The third kappa shape index (κ3) is 4.49. The Hall–Kier alpha value is -2.66. The van der Waals surface area contributed by atoms with Crippen molar-refractivity contribution in [3.8, 4) is 0 Å². The quantitative estimate of drug-likeness (QED) is 0.551. The molecular weight excluding hydrogens is 344 g/mol. The lowest BCUT2D eigenvalue weighted by Gasteiger charge is -2.29. The SMILES string of the molecule is CC1(NC(=O)c2ccc(S)c(N)c2)C=CC(OCc2ccccc2)=CC1. The fourth-order valence-electron chi connectivity index (χ4n) is 2.68. The van der Waals surface area contributed by atoms with Crippen molar-refractivity contribution in [2.24, 2.45) is 0 Å². The summed E-state index contributed by atoms with van der Waals surface area (Å²) in [7, 11) is 0. The second-order valence-electron chi connectivity index (χ2n) is 6.56. The number of nitrogens with two attached hydrogens (primary N) is 1. The summed E-state index contributed by atoms with van der Waals surface area (Å²) in [6.45, 7) is 2.50. The number of allylic oxidation sites excluding steroid dienone is 1. The summed E-state index contributed by atoms with van der Waals surface area (Å²) in [5.41, 5.74) is 7.49. The number of benzene rings is 2. The molecule has 1 amide bonds. The van der Waals surface area contributed by atoms with E-state index < -0.39 is 5.54 Å². The minimum atomic E-state index is -0.467. The van der Waals surface area contributed by atoms with Crippen LogP contribution in [0.25, 0.3) is 0 Å². The molecule has 4 nitrogen and oxygen atoms in total. The van der Waals surface area contributed by atoms with Crippen LogP contribution >= 0.6 is 12.6 Å². The number of amides is 1. The van der Waals surface area contributed by atoms with Crippen LogP contribution in [0.5, 0.6) is 0 Å². The number of carbonyl (C=O) groups excluding carboxylic acids is 1. The highest BCUT2D eigenvalue weighted by molar-refractivity contribution is 7.80. The van der Waals surface area contributed by atoms with E-state index >= 15 is 0 Å². The van der Waals surface area contributed by atoms with Crippen LogP contribution in [0.4, 0.5) is 5.69 Å². The summed E-state index contributed by atoms with van der Waals surface area (Å²) in [5, 5.41) is 3.05. The average molecular weight is 366 g/mol. The maximum absolute atomic E-state index is 12.5. The van der Waals surface area contributed by atoms with Crippen molar-refractivity contribution >= 4 is 24.2 Å². The van der Waals surface area contributed by atoms with Gasteiger partial charge in [-0.05, 0) is 49.3 Å². The van der Waals surface area contributed by atoms with Crippen LogP contribution in [0.1, 0.15) is 29.3 Å². The molecule has 0 heterocycles. The van der Waals surface area contributed by atoms with E-state index in [2.05, 4.69) is 17.9 Å². The highest BCUT2D eigenvalue weighted by Gasteiger charge is 2.25. The smallest absolute Gasteiger partial charge is 0.252 e. The number of rotatable bonds is 5. The van der Waals surface area contributed by atoms with Gasteiger partial charge in [-0.1, -0.05) is 36.4 Å². The highest BCUT2D eigenvalue weighted by atomic mass is 32.1. The molecule has 134 valence electrons. The topological polar surface area (TPSA) is 64.4 Å². The first-order valence-electron chi connectivity index (χ1n) is 8.42. The highest BCUT2D eigenvalue weighted by Crippen LogP contribution is 2.23. The minimum Gasteiger partial charge on any atom is -0.489 e. The first-order chi connectivity index (χ1) is 12.5. The fourth-order valence-corrected chi connectivity index (χ4v) is 2.82. The van der Waals surface area contributed by atoms with Gasteiger partial charge in [0.15, 0.2) is 0 Å². The van der Waals surface area contributed by atoms with E-state index in [1.807, 2.05) is 55.5 Å². The lowest BCUT2D eigenvalue weighted by atomic mass is 9.92. The summed E-state index contributed by atoms with van der Waals surface area (Å²) in [6.07, 6.45) is 6.51.